The third-order valence-electron chi connectivity index (χ3n) is 5.20. The predicted octanol–water partition coefficient (Wildman–Crippen LogP) is 3.59. The fourth-order valence-corrected chi connectivity index (χ4v) is 5.30. The van der Waals surface area contributed by atoms with E-state index in [4.69, 9.17) is 9.47 Å². The zero-order valence-electron chi connectivity index (χ0n) is 17.1. The first kappa shape index (κ1) is 21.7. The Morgan fingerprint density at radius 1 is 1.17 bits per heavy atom. The highest BCUT2D eigenvalue weighted by molar-refractivity contribution is 7.95. The standard InChI is InChI=1S/C22H26N2O5S/c1-4-16-29-20-10-6-17(7-11-20)23-21(25)22(2)14-5-15-24(30(22,26)27)18-8-12-19(28-3)13-9-18/h4,6-13H,1,5,14-16H2,2-3H3,(H,23,25)/t22-/m0/s1. The first-order chi connectivity index (χ1) is 14.3. The summed E-state index contributed by atoms with van der Waals surface area (Å²) >= 11 is 0. The highest BCUT2D eigenvalue weighted by atomic mass is 32.2. The largest absolute Gasteiger partial charge is 0.497 e. The number of nitrogens with zero attached hydrogens (tertiary/aromatic N) is 1. The summed E-state index contributed by atoms with van der Waals surface area (Å²) in [7, 11) is -2.38. The third kappa shape index (κ3) is 4.14. The van der Waals surface area contributed by atoms with Gasteiger partial charge in [-0.2, -0.15) is 0 Å². The van der Waals surface area contributed by atoms with Gasteiger partial charge in [0.05, 0.1) is 12.8 Å². The van der Waals surface area contributed by atoms with Crippen LogP contribution in [0.1, 0.15) is 19.8 Å². The van der Waals surface area contributed by atoms with Crippen LogP contribution in [-0.4, -0.2) is 39.3 Å². The van der Waals surface area contributed by atoms with Crippen LogP contribution in [0.25, 0.3) is 0 Å². The van der Waals surface area contributed by atoms with Crippen LogP contribution < -0.4 is 19.1 Å². The van der Waals surface area contributed by atoms with Gasteiger partial charge in [0.25, 0.3) is 0 Å². The molecule has 2 aromatic rings. The first-order valence-corrected chi connectivity index (χ1v) is 11.1. The van der Waals surface area contributed by atoms with E-state index in [1.807, 2.05) is 0 Å². The van der Waals surface area contributed by atoms with Crippen molar-refractivity contribution in [3.05, 3.63) is 61.2 Å². The number of methoxy groups -OCH3 is 1. The second-order valence-electron chi connectivity index (χ2n) is 7.19. The number of benzene rings is 2. The van der Waals surface area contributed by atoms with E-state index in [1.54, 1.807) is 61.7 Å². The summed E-state index contributed by atoms with van der Waals surface area (Å²) in [6.07, 6.45) is 2.46. The molecule has 30 heavy (non-hydrogen) atoms. The van der Waals surface area contributed by atoms with Gasteiger partial charge in [0.15, 0.2) is 4.75 Å². The molecule has 1 saturated heterocycles. The first-order valence-electron chi connectivity index (χ1n) is 9.63. The molecule has 1 N–H and O–H groups in total. The van der Waals surface area contributed by atoms with Crippen molar-refractivity contribution < 1.29 is 22.7 Å². The molecule has 0 spiro atoms. The lowest BCUT2D eigenvalue weighted by Crippen LogP contribution is -2.57. The van der Waals surface area contributed by atoms with Gasteiger partial charge in [0.1, 0.15) is 18.1 Å². The van der Waals surface area contributed by atoms with Crippen molar-refractivity contribution in [3.8, 4) is 11.5 Å². The van der Waals surface area contributed by atoms with Crippen LogP contribution >= 0.6 is 0 Å². The van der Waals surface area contributed by atoms with Crippen LogP contribution in [0.5, 0.6) is 11.5 Å². The average Bonchev–Trinajstić information content (AvgIpc) is 2.75. The van der Waals surface area contributed by atoms with Crippen molar-refractivity contribution in [1.82, 2.24) is 0 Å². The average molecular weight is 431 g/mol. The molecule has 2 aromatic carbocycles. The molecule has 1 atom stereocenters. The number of ether oxygens (including phenoxy) is 2. The maximum absolute atomic E-state index is 13.4. The van der Waals surface area contributed by atoms with Crippen LogP contribution in [0.4, 0.5) is 11.4 Å². The number of anilines is 2. The van der Waals surface area contributed by atoms with E-state index < -0.39 is 20.7 Å². The molecule has 1 amide bonds. The Morgan fingerprint density at radius 3 is 2.40 bits per heavy atom. The van der Waals surface area contributed by atoms with Gasteiger partial charge in [0.2, 0.25) is 15.9 Å². The van der Waals surface area contributed by atoms with Gasteiger partial charge in [-0.15, -0.1) is 0 Å². The fourth-order valence-electron chi connectivity index (χ4n) is 3.35. The maximum atomic E-state index is 13.4. The third-order valence-corrected chi connectivity index (χ3v) is 7.70. The summed E-state index contributed by atoms with van der Waals surface area (Å²) in [6.45, 7) is 5.78. The number of carbonyl (C=O) groups is 1. The molecule has 0 aliphatic carbocycles. The lowest BCUT2D eigenvalue weighted by molar-refractivity contribution is -0.118. The van der Waals surface area contributed by atoms with Crippen molar-refractivity contribution in [2.75, 3.05) is 29.9 Å². The highest BCUT2D eigenvalue weighted by Crippen LogP contribution is 2.36. The molecular formula is C22H26N2O5S. The Hall–Kier alpha value is -3.00. The number of hydrogen-bond donors (Lipinski definition) is 1. The smallest absolute Gasteiger partial charge is 0.249 e. The SMILES string of the molecule is C=CCOc1ccc(NC(=O)[C@]2(C)CCCN(c3ccc(OC)cc3)S2(=O)=O)cc1. The molecule has 0 radical (unpaired) electrons. The van der Waals surface area contributed by atoms with Gasteiger partial charge in [-0.3, -0.25) is 9.10 Å². The van der Waals surface area contributed by atoms with Crippen LogP contribution in [-0.2, 0) is 14.8 Å². The van der Waals surface area contributed by atoms with Gasteiger partial charge in [-0.05, 0) is 68.3 Å². The summed E-state index contributed by atoms with van der Waals surface area (Å²) < 4.78 is 37.1. The molecular weight excluding hydrogens is 404 g/mol. The molecule has 1 aliphatic heterocycles. The summed E-state index contributed by atoms with van der Waals surface area (Å²) in [4.78, 5) is 13.1. The number of amides is 1. The number of nitrogens with one attached hydrogen (secondary N) is 1. The van der Waals surface area contributed by atoms with E-state index in [9.17, 15) is 13.2 Å². The molecule has 1 heterocycles. The van der Waals surface area contributed by atoms with Gasteiger partial charge >= 0.3 is 0 Å². The van der Waals surface area contributed by atoms with Crippen LogP contribution in [0.2, 0.25) is 0 Å². The second-order valence-corrected chi connectivity index (χ2v) is 9.48. The van der Waals surface area contributed by atoms with Crippen molar-refractivity contribution in [2.24, 2.45) is 0 Å². The Kier molecular flexibility index (Phi) is 6.36. The van der Waals surface area contributed by atoms with Crippen LogP contribution in [0.3, 0.4) is 0 Å². The quantitative estimate of drug-likeness (QED) is 0.679. The van der Waals surface area contributed by atoms with Crippen molar-refractivity contribution >= 4 is 27.3 Å². The molecule has 8 heteroatoms. The summed E-state index contributed by atoms with van der Waals surface area (Å²) in [6, 6.07) is 13.5. The Balaban J connectivity index is 1.80. The Bertz CT molecular complexity index is 1000. The number of carbonyl (C=O) groups excluding carboxylic acids is 1. The molecule has 3 rings (SSSR count). The summed E-state index contributed by atoms with van der Waals surface area (Å²) in [5.74, 6) is 0.713. The monoisotopic (exact) mass is 430 g/mol. The fraction of sp³-hybridized carbons (Fsp3) is 0.318. The van der Waals surface area contributed by atoms with Gasteiger partial charge in [0, 0.05) is 12.2 Å². The molecule has 0 saturated carbocycles. The van der Waals surface area contributed by atoms with E-state index in [0.717, 1.165) is 0 Å². The lowest BCUT2D eigenvalue weighted by atomic mass is 10.0. The molecule has 0 aromatic heterocycles. The lowest BCUT2D eigenvalue weighted by Gasteiger charge is -2.39. The molecule has 0 unspecified atom stereocenters. The Labute approximate surface area is 177 Å². The van der Waals surface area contributed by atoms with Crippen molar-refractivity contribution in [3.63, 3.8) is 0 Å². The van der Waals surface area contributed by atoms with E-state index in [-0.39, 0.29) is 6.42 Å². The van der Waals surface area contributed by atoms with Crippen LogP contribution in [0.15, 0.2) is 61.2 Å². The number of hydrogen-bond acceptors (Lipinski definition) is 5. The topological polar surface area (TPSA) is 84.9 Å². The maximum Gasteiger partial charge on any atom is 0.249 e. The van der Waals surface area contributed by atoms with E-state index in [1.165, 1.54) is 11.2 Å². The highest BCUT2D eigenvalue weighted by Gasteiger charge is 2.52. The number of rotatable bonds is 7. The van der Waals surface area contributed by atoms with Crippen LogP contribution in [0, 0.1) is 0 Å². The number of sulfonamides is 1. The van der Waals surface area contributed by atoms with E-state index >= 15 is 0 Å². The molecule has 0 bridgehead atoms. The summed E-state index contributed by atoms with van der Waals surface area (Å²) in [5, 5.41) is 2.74. The zero-order chi connectivity index (χ0) is 21.8. The van der Waals surface area contributed by atoms with E-state index in [2.05, 4.69) is 11.9 Å². The summed E-state index contributed by atoms with van der Waals surface area (Å²) in [5.41, 5.74) is 1.02. The van der Waals surface area contributed by atoms with Gasteiger partial charge in [-0.25, -0.2) is 8.42 Å². The minimum absolute atomic E-state index is 0.244. The predicted molar refractivity (Wildman–Crippen MR) is 118 cm³/mol. The minimum atomic E-state index is -3.93. The normalized spacial score (nSPS) is 20.3. The molecule has 7 nitrogen and oxygen atoms in total. The second kappa shape index (κ2) is 8.79. The zero-order valence-corrected chi connectivity index (χ0v) is 17.9. The molecule has 160 valence electrons. The minimum Gasteiger partial charge on any atom is -0.497 e. The van der Waals surface area contributed by atoms with Crippen molar-refractivity contribution in [1.29, 1.82) is 0 Å². The Morgan fingerprint density at radius 2 is 1.80 bits per heavy atom. The van der Waals surface area contributed by atoms with Gasteiger partial charge < -0.3 is 14.8 Å². The van der Waals surface area contributed by atoms with Gasteiger partial charge in [-0.1, -0.05) is 12.7 Å². The molecule has 1 fully saturated rings. The molecule has 1 aliphatic rings. The van der Waals surface area contributed by atoms with E-state index in [0.29, 0.717) is 42.4 Å². The van der Waals surface area contributed by atoms with Crippen molar-refractivity contribution in [2.45, 2.75) is 24.5 Å².